The summed E-state index contributed by atoms with van der Waals surface area (Å²) in [5.41, 5.74) is 1.35. The van der Waals surface area contributed by atoms with Gasteiger partial charge in [-0.25, -0.2) is 13.2 Å². The lowest BCUT2D eigenvalue weighted by Gasteiger charge is -2.08. The lowest BCUT2D eigenvalue weighted by atomic mass is 10.2. The van der Waals surface area contributed by atoms with E-state index >= 15 is 0 Å². The van der Waals surface area contributed by atoms with Crippen LogP contribution in [0.3, 0.4) is 0 Å². The van der Waals surface area contributed by atoms with Crippen LogP contribution in [0.4, 0.5) is 30.4 Å². The molecule has 3 aromatic rings. The first-order valence-corrected chi connectivity index (χ1v) is 7.56. The summed E-state index contributed by atoms with van der Waals surface area (Å²) in [5.74, 6) is -4.64. The number of hydrogen-bond acceptors (Lipinski definition) is 4. The van der Waals surface area contributed by atoms with Crippen molar-refractivity contribution in [3.05, 3.63) is 77.2 Å². The van der Waals surface area contributed by atoms with Crippen LogP contribution >= 0.6 is 0 Å². The molecular weight excluding hydrogens is 345 g/mol. The van der Waals surface area contributed by atoms with Gasteiger partial charge in [-0.2, -0.15) is 0 Å². The fraction of sp³-hybridized carbons (Fsp3) is 0.0556. The molecule has 132 valence electrons. The van der Waals surface area contributed by atoms with Gasteiger partial charge >= 0.3 is 0 Å². The quantitative estimate of drug-likeness (QED) is 0.686. The number of aromatic nitrogens is 2. The molecule has 0 radical (unpaired) electrons. The molecule has 1 amide bonds. The van der Waals surface area contributed by atoms with Gasteiger partial charge < -0.3 is 10.6 Å². The zero-order chi connectivity index (χ0) is 18.7. The highest BCUT2D eigenvalue weighted by Gasteiger charge is 2.14. The Morgan fingerprint density at radius 1 is 0.962 bits per heavy atom. The second kappa shape index (κ2) is 7.22. The highest BCUT2D eigenvalue weighted by molar-refractivity contribution is 6.02. The minimum Gasteiger partial charge on any atom is -0.336 e. The number of carbonyl (C=O) groups excluding carboxylic acids is 1. The average Bonchev–Trinajstić information content (AvgIpc) is 2.63. The summed E-state index contributed by atoms with van der Waals surface area (Å²) in [4.78, 5) is 12.1. The Labute approximate surface area is 146 Å². The van der Waals surface area contributed by atoms with Crippen LogP contribution in [0.15, 0.2) is 48.5 Å². The first kappa shape index (κ1) is 17.4. The Kier molecular flexibility index (Phi) is 4.83. The van der Waals surface area contributed by atoms with Crippen molar-refractivity contribution in [2.45, 2.75) is 6.92 Å². The smallest absolute Gasteiger partial charge is 0.276 e. The standard InChI is InChI=1S/C18H13F3N4O/c1-10-3-2-4-11(9-10)22-18(26)14-7-8-15(25-24-14)23-13-6-5-12(19)16(20)17(13)21/h2-9H,1H3,(H,22,26)(H,23,25). The first-order chi connectivity index (χ1) is 12.4. The molecule has 26 heavy (non-hydrogen) atoms. The largest absolute Gasteiger partial charge is 0.336 e. The summed E-state index contributed by atoms with van der Waals surface area (Å²) >= 11 is 0. The third-order valence-corrected chi connectivity index (χ3v) is 3.47. The predicted octanol–water partition coefficient (Wildman–Crippen LogP) is 4.20. The van der Waals surface area contributed by atoms with Crippen molar-refractivity contribution in [2.75, 3.05) is 10.6 Å². The van der Waals surface area contributed by atoms with Crippen LogP contribution in [0.1, 0.15) is 16.1 Å². The molecule has 5 nitrogen and oxygen atoms in total. The molecule has 0 atom stereocenters. The second-order valence-electron chi connectivity index (χ2n) is 5.48. The van der Waals surface area contributed by atoms with Crippen molar-refractivity contribution in [3.8, 4) is 0 Å². The van der Waals surface area contributed by atoms with E-state index in [1.165, 1.54) is 12.1 Å². The monoisotopic (exact) mass is 358 g/mol. The third-order valence-electron chi connectivity index (χ3n) is 3.47. The number of hydrogen-bond donors (Lipinski definition) is 2. The molecule has 3 rings (SSSR count). The van der Waals surface area contributed by atoms with Crippen LogP contribution in [0, 0.1) is 24.4 Å². The van der Waals surface area contributed by atoms with Crippen LogP contribution in [-0.2, 0) is 0 Å². The average molecular weight is 358 g/mol. The molecule has 0 unspecified atom stereocenters. The molecule has 0 saturated carbocycles. The van der Waals surface area contributed by atoms with Crippen molar-refractivity contribution in [3.63, 3.8) is 0 Å². The van der Waals surface area contributed by atoms with Gasteiger partial charge in [-0.1, -0.05) is 12.1 Å². The van der Waals surface area contributed by atoms with Gasteiger partial charge in [-0.05, 0) is 48.9 Å². The number of rotatable bonds is 4. The summed E-state index contributed by atoms with van der Waals surface area (Å²) in [6, 6.07) is 11.8. The zero-order valence-corrected chi connectivity index (χ0v) is 13.6. The van der Waals surface area contributed by atoms with E-state index in [4.69, 9.17) is 0 Å². The maximum Gasteiger partial charge on any atom is 0.276 e. The van der Waals surface area contributed by atoms with E-state index in [1.807, 2.05) is 13.0 Å². The van der Waals surface area contributed by atoms with E-state index in [9.17, 15) is 18.0 Å². The molecule has 2 N–H and O–H groups in total. The maximum atomic E-state index is 13.6. The third kappa shape index (κ3) is 3.80. The normalized spacial score (nSPS) is 10.5. The van der Waals surface area contributed by atoms with Gasteiger partial charge in [0.2, 0.25) is 0 Å². The second-order valence-corrected chi connectivity index (χ2v) is 5.48. The molecule has 0 aliphatic heterocycles. The van der Waals surface area contributed by atoms with Crippen molar-refractivity contribution < 1.29 is 18.0 Å². The van der Waals surface area contributed by atoms with Crippen molar-refractivity contribution >= 4 is 23.1 Å². The van der Waals surface area contributed by atoms with Crippen LogP contribution in [-0.4, -0.2) is 16.1 Å². The number of nitrogens with one attached hydrogen (secondary N) is 2. The Balaban J connectivity index is 1.72. The Morgan fingerprint density at radius 3 is 2.46 bits per heavy atom. The lowest BCUT2D eigenvalue weighted by Crippen LogP contribution is -2.14. The molecule has 0 spiro atoms. The van der Waals surface area contributed by atoms with Crippen LogP contribution in [0.5, 0.6) is 0 Å². The van der Waals surface area contributed by atoms with Gasteiger partial charge in [0.25, 0.3) is 5.91 Å². The Bertz CT molecular complexity index is 961. The molecule has 0 aliphatic rings. The number of carbonyl (C=O) groups is 1. The van der Waals surface area contributed by atoms with Crippen LogP contribution < -0.4 is 10.6 Å². The molecule has 1 aromatic heterocycles. The topological polar surface area (TPSA) is 66.9 Å². The van der Waals surface area contributed by atoms with E-state index in [0.717, 1.165) is 17.7 Å². The van der Waals surface area contributed by atoms with Crippen molar-refractivity contribution in [2.24, 2.45) is 0 Å². The molecule has 0 fully saturated rings. The minimum atomic E-state index is -1.59. The molecular formula is C18H13F3N4O. The van der Waals surface area contributed by atoms with Gasteiger partial charge in [0.05, 0.1) is 5.69 Å². The molecule has 0 saturated heterocycles. The summed E-state index contributed by atoms with van der Waals surface area (Å²) < 4.78 is 39.8. The van der Waals surface area contributed by atoms with Crippen LogP contribution in [0.25, 0.3) is 0 Å². The molecule has 0 bridgehead atoms. The van der Waals surface area contributed by atoms with Crippen molar-refractivity contribution in [1.29, 1.82) is 0 Å². The summed E-state index contributed by atoms with van der Waals surface area (Å²) in [7, 11) is 0. The molecule has 2 aromatic carbocycles. The molecule has 8 heteroatoms. The zero-order valence-electron chi connectivity index (χ0n) is 13.6. The van der Waals surface area contributed by atoms with E-state index < -0.39 is 23.4 Å². The highest BCUT2D eigenvalue weighted by Crippen LogP contribution is 2.22. The van der Waals surface area contributed by atoms with Crippen molar-refractivity contribution in [1.82, 2.24) is 10.2 Å². The lowest BCUT2D eigenvalue weighted by molar-refractivity contribution is 0.102. The Morgan fingerprint density at radius 2 is 1.77 bits per heavy atom. The number of anilines is 3. The predicted molar refractivity (Wildman–Crippen MR) is 90.8 cm³/mol. The number of amides is 1. The first-order valence-electron chi connectivity index (χ1n) is 7.56. The van der Waals surface area contributed by atoms with Gasteiger partial charge in [0.15, 0.2) is 29.0 Å². The fourth-order valence-corrected chi connectivity index (χ4v) is 2.20. The number of benzene rings is 2. The minimum absolute atomic E-state index is 0.0443. The Hall–Kier alpha value is -3.42. The highest BCUT2D eigenvalue weighted by atomic mass is 19.2. The fourth-order valence-electron chi connectivity index (χ4n) is 2.20. The van der Waals surface area contributed by atoms with Gasteiger partial charge in [-0.3, -0.25) is 4.79 Å². The number of aryl methyl sites for hydroxylation is 1. The van der Waals surface area contributed by atoms with Gasteiger partial charge in [0, 0.05) is 5.69 Å². The maximum absolute atomic E-state index is 13.6. The van der Waals surface area contributed by atoms with E-state index in [0.29, 0.717) is 5.69 Å². The van der Waals surface area contributed by atoms with E-state index in [-0.39, 0.29) is 17.2 Å². The van der Waals surface area contributed by atoms with E-state index in [2.05, 4.69) is 20.8 Å². The summed E-state index contributed by atoms with van der Waals surface area (Å²) in [6.07, 6.45) is 0. The summed E-state index contributed by atoms with van der Waals surface area (Å²) in [6.45, 7) is 1.90. The number of nitrogens with zero attached hydrogens (tertiary/aromatic N) is 2. The number of halogens is 3. The van der Waals surface area contributed by atoms with E-state index in [1.54, 1.807) is 18.2 Å². The molecule has 0 aliphatic carbocycles. The van der Waals surface area contributed by atoms with Gasteiger partial charge in [-0.15, -0.1) is 10.2 Å². The van der Waals surface area contributed by atoms with Gasteiger partial charge in [0.1, 0.15) is 0 Å². The van der Waals surface area contributed by atoms with Crippen LogP contribution in [0.2, 0.25) is 0 Å². The summed E-state index contributed by atoms with van der Waals surface area (Å²) in [5, 5.41) is 12.6. The molecule has 1 heterocycles. The SMILES string of the molecule is Cc1cccc(NC(=O)c2ccc(Nc3ccc(F)c(F)c3F)nn2)c1.